The fourth-order valence-corrected chi connectivity index (χ4v) is 4.24. The number of carbonyl (C=O) groups is 2. The number of ether oxygens (including phenoxy) is 1. The number of carbonyl (C=O) groups excluding carboxylic acids is 2. The van der Waals surface area contributed by atoms with E-state index < -0.39 is 23.5 Å². The average Bonchev–Trinajstić information content (AvgIpc) is 3.18. The van der Waals surface area contributed by atoms with Crippen LogP contribution >= 0.6 is 11.3 Å². The van der Waals surface area contributed by atoms with Crippen LogP contribution in [0.2, 0.25) is 0 Å². The molecule has 142 valence electrons. The average molecular weight is 389 g/mol. The largest absolute Gasteiger partial charge is 0.507 e. The number of hydrogen-bond acceptors (Lipinski definition) is 5. The van der Waals surface area contributed by atoms with E-state index in [0.717, 1.165) is 10.4 Å². The minimum Gasteiger partial charge on any atom is -0.507 e. The van der Waals surface area contributed by atoms with E-state index in [1.807, 2.05) is 18.4 Å². The molecule has 1 N–H and O–H groups in total. The lowest BCUT2D eigenvalue weighted by Crippen LogP contribution is -2.31. The molecule has 2 aromatic rings. The van der Waals surface area contributed by atoms with Crippen LogP contribution in [-0.4, -0.2) is 42.0 Å². The molecule has 0 bridgehead atoms. The fourth-order valence-electron chi connectivity index (χ4n) is 3.19. The third-order valence-corrected chi connectivity index (χ3v) is 5.63. The molecule has 1 aromatic carbocycles. The molecular weight excluding hydrogens is 369 g/mol. The molecule has 0 aliphatic carbocycles. The van der Waals surface area contributed by atoms with Gasteiger partial charge in [0.25, 0.3) is 11.7 Å². The summed E-state index contributed by atoms with van der Waals surface area (Å²) in [4.78, 5) is 27.7. The van der Waals surface area contributed by atoms with E-state index in [-0.39, 0.29) is 11.3 Å². The van der Waals surface area contributed by atoms with Crippen molar-refractivity contribution in [3.63, 3.8) is 0 Å². The number of Topliss-reactive ketones (excluding diaryl/α,β-unsaturated/α-hetero) is 1. The lowest BCUT2D eigenvalue weighted by Gasteiger charge is -2.24. The lowest BCUT2D eigenvalue weighted by atomic mass is 9.98. The fraction of sp³-hybridized carbons (Fsp3) is 0.300. The van der Waals surface area contributed by atoms with Crippen LogP contribution in [0.15, 0.2) is 41.3 Å². The third-order valence-electron chi connectivity index (χ3n) is 4.56. The van der Waals surface area contributed by atoms with Gasteiger partial charge in [0.05, 0.1) is 11.6 Å². The number of ketones is 1. The first-order valence-corrected chi connectivity index (χ1v) is 9.41. The van der Waals surface area contributed by atoms with E-state index >= 15 is 0 Å². The van der Waals surface area contributed by atoms with Gasteiger partial charge in [0.2, 0.25) is 0 Å². The van der Waals surface area contributed by atoms with Crippen molar-refractivity contribution in [1.29, 1.82) is 0 Å². The van der Waals surface area contributed by atoms with Crippen molar-refractivity contribution in [2.24, 2.45) is 0 Å². The summed E-state index contributed by atoms with van der Waals surface area (Å²) >= 11 is 1.43. The zero-order chi connectivity index (χ0) is 19.6. The first-order valence-electron chi connectivity index (χ1n) is 8.53. The van der Waals surface area contributed by atoms with Gasteiger partial charge >= 0.3 is 0 Å². The number of benzene rings is 1. The van der Waals surface area contributed by atoms with E-state index in [2.05, 4.69) is 0 Å². The number of halogens is 1. The highest BCUT2D eigenvalue weighted by Gasteiger charge is 2.46. The maximum Gasteiger partial charge on any atom is 0.295 e. The topological polar surface area (TPSA) is 66.8 Å². The predicted octanol–water partition coefficient (Wildman–Crippen LogP) is 3.65. The Morgan fingerprint density at radius 3 is 2.56 bits per heavy atom. The lowest BCUT2D eigenvalue weighted by molar-refractivity contribution is -0.140. The Balaban J connectivity index is 2.10. The molecule has 2 heterocycles. The molecule has 1 aliphatic rings. The number of likely N-dealkylation sites (tertiary alicyclic amines) is 1. The number of amides is 1. The Bertz CT molecular complexity index is 888. The van der Waals surface area contributed by atoms with Crippen LogP contribution in [0, 0.1) is 12.7 Å². The second kappa shape index (κ2) is 8.02. The highest BCUT2D eigenvalue weighted by Crippen LogP contribution is 2.42. The minimum atomic E-state index is -0.730. The van der Waals surface area contributed by atoms with Crippen molar-refractivity contribution >= 4 is 28.8 Å². The summed E-state index contributed by atoms with van der Waals surface area (Å²) in [5.41, 5.74) is 1.27. The van der Waals surface area contributed by atoms with E-state index in [1.54, 1.807) is 7.11 Å². The Morgan fingerprint density at radius 1 is 1.26 bits per heavy atom. The van der Waals surface area contributed by atoms with Crippen molar-refractivity contribution in [1.82, 2.24) is 4.90 Å². The van der Waals surface area contributed by atoms with E-state index in [4.69, 9.17) is 4.74 Å². The van der Waals surface area contributed by atoms with Crippen molar-refractivity contribution in [2.75, 3.05) is 20.3 Å². The summed E-state index contributed by atoms with van der Waals surface area (Å²) in [6.07, 6.45) is 0.570. The molecule has 0 spiro atoms. The van der Waals surface area contributed by atoms with Crippen LogP contribution in [0.25, 0.3) is 5.76 Å². The summed E-state index contributed by atoms with van der Waals surface area (Å²) in [5.74, 6) is -2.11. The van der Waals surface area contributed by atoms with Crippen LogP contribution in [0.3, 0.4) is 0 Å². The molecule has 3 rings (SSSR count). The smallest absolute Gasteiger partial charge is 0.295 e. The number of thiophene rings is 1. The molecule has 1 amide bonds. The van der Waals surface area contributed by atoms with E-state index in [9.17, 15) is 19.1 Å². The van der Waals surface area contributed by atoms with Gasteiger partial charge in [-0.2, -0.15) is 0 Å². The highest BCUT2D eigenvalue weighted by molar-refractivity contribution is 7.10. The van der Waals surface area contributed by atoms with Gasteiger partial charge in [0.1, 0.15) is 11.6 Å². The van der Waals surface area contributed by atoms with Crippen LogP contribution in [0.4, 0.5) is 4.39 Å². The van der Waals surface area contributed by atoms with Crippen LogP contribution in [0.1, 0.15) is 28.5 Å². The summed E-state index contributed by atoms with van der Waals surface area (Å²) in [6, 6.07) is 6.44. The van der Waals surface area contributed by atoms with Gasteiger partial charge in [-0.3, -0.25) is 9.59 Å². The Morgan fingerprint density at radius 2 is 1.96 bits per heavy atom. The van der Waals surface area contributed by atoms with Gasteiger partial charge < -0.3 is 14.7 Å². The third kappa shape index (κ3) is 3.65. The number of aliphatic hydroxyl groups excluding tert-OH is 1. The number of hydrogen-bond donors (Lipinski definition) is 1. The molecule has 0 saturated carbocycles. The second-order valence-electron chi connectivity index (χ2n) is 6.31. The SMILES string of the molecule is COCCCN1C(=O)C(=O)/C(=C(\O)c2ccc(F)cc2)C1c1sccc1C. The molecule has 7 heteroatoms. The quantitative estimate of drug-likeness (QED) is 0.354. The molecule has 1 saturated heterocycles. The first kappa shape index (κ1) is 19.3. The Hall–Kier alpha value is -2.51. The number of aryl methyl sites for hydroxylation is 1. The van der Waals surface area contributed by atoms with Crippen LogP contribution in [-0.2, 0) is 14.3 Å². The maximum absolute atomic E-state index is 13.2. The van der Waals surface area contributed by atoms with E-state index in [1.165, 1.54) is 40.5 Å². The monoisotopic (exact) mass is 389 g/mol. The number of methoxy groups -OCH3 is 1. The molecular formula is C20H20FNO4S. The Kier molecular flexibility index (Phi) is 5.72. The number of nitrogens with zero attached hydrogens (tertiary/aromatic N) is 1. The summed E-state index contributed by atoms with van der Waals surface area (Å²) < 4.78 is 18.3. The zero-order valence-corrected chi connectivity index (χ0v) is 15.9. The van der Waals surface area contributed by atoms with Gasteiger partial charge in [0, 0.05) is 30.7 Å². The van der Waals surface area contributed by atoms with Crippen LogP contribution < -0.4 is 0 Å². The normalized spacial score (nSPS) is 19.1. The molecule has 1 unspecified atom stereocenters. The molecule has 0 radical (unpaired) electrons. The molecule has 1 atom stereocenters. The van der Waals surface area contributed by atoms with Crippen molar-refractivity contribution in [3.05, 3.63) is 63.1 Å². The second-order valence-corrected chi connectivity index (χ2v) is 7.26. The molecule has 5 nitrogen and oxygen atoms in total. The van der Waals surface area contributed by atoms with Gasteiger partial charge in [-0.15, -0.1) is 11.3 Å². The maximum atomic E-state index is 13.2. The predicted molar refractivity (Wildman–Crippen MR) is 101 cm³/mol. The minimum absolute atomic E-state index is 0.0366. The standard InChI is InChI=1S/C20H20FNO4S/c1-12-8-11-27-19(12)16-15(17(23)13-4-6-14(21)7-5-13)18(24)20(25)22(16)9-3-10-26-2/h4-8,11,16,23H,3,9-10H2,1-2H3/b17-15-. The molecule has 1 fully saturated rings. The van der Waals surface area contributed by atoms with Gasteiger partial charge in [-0.25, -0.2) is 4.39 Å². The summed E-state index contributed by atoms with van der Waals surface area (Å²) in [5, 5.41) is 12.7. The summed E-state index contributed by atoms with van der Waals surface area (Å²) in [6.45, 7) is 2.69. The Labute approximate surface area is 160 Å². The number of aliphatic hydroxyl groups is 1. The number of rotatable bonds is 6. The first-order chi connectivity index (χ1) is 13.0. The van der Waals surface area contributed by atoms with E-state index in [0.29, 0.717) is 25.1 Å². The van der Waals surface area contributed by atoms with Gasteiger partial charge in [0.15, 0.2) is 0 Å². The van der Waals surface area contributed by atoms with Gasteiger partial charge in [-0.05, 0) is 54.6 Å². The van der Waals surface area contributed by atoms with Gasteiger partial charge in [-0.1, -0.05) is 0 Å². The highest BCUT2D eigenvalue weighted by atomic mass is 32.1. The van der Waals surface area contributed by atoms with Crippen molar-refractivity contribution in [3.8, 4) is 0 Å². The zero-order valence-electron chi connectivity index (χ0n) is 15.1. The molecule has 1 aliphatic heterocycles. The summed E-state index contributed by atoms with van der Waals surface area (Å²) in [7, 11) is 1.57. The van der Waals surface area contributed by atoms with Crippen LogP contribution in [0.5, 0.6) is 0 Å². The van der Waals surface area contributed by atoms with Crippen molar-refractivity contribution < 1.29 is 23.8 Å². The molecule has 1 aromatic heterocycles. The van der Waals surface area contributed by atoms with Crippen molar-refractivity contribution in [2.45, 2.75) is 19.4 Å². The molecule has 27 heavy (non-hydrogen) atoms.